The highest BCUT2D eigenvalue weighted by atomic mass is 35.5. The van der Waals surface area contributed by atoms with Crippen molar-refractivity contribution in [2.75, 3.05) is 39.5 Å². The molecule has 1 rings (SSSR count). The van der Waals surface area contributed by atoms with Crippen LogP contribution in [0.2, 0.25) is 5.02 Å². The van der Waals surface area contributed by atoms with Gasteiger partial charge in [-0.2, -0.15) is 0 Å². The van der Waals surface area contributed by atoms with E-state index in [-0.39, 0.29) is 0 Å². The zero-order valence-electron chi connectivity index (χ0n) is 13.0. The first kappa shape index (κ1) is 17.3. The van der Waals surface area contributed by atoms with E-state index in [4.69, 9.17) is 21.1 Å². The zero-order valence-corrected chi connectivity index (χ0v) is 13.8. The summed E-state index contributed by atoms with van der Waals surface area (Å²) >= 11 is 6.00. The largest absolute Gasteiger partial charge is 0.491 e. The van der Waals surface area contributed by atoms with E-state index >= 15 is 0 Å². The Hall–Kier alpha value is -0.770. The van der Waals surface area contributed by atoms with Crippen molar-refractivity contribution >= 4 is 11.6 Å². The van der Waals surface area contributed by atoms with Crippen molar-refractivity contribution in [2.45, 2.75) is 27.7 Å². The van der Waals surface area contributed by atoms with Crippen LogP contribution in [-0.2, 0) is 4.74 Å². The first-order chi connectivity index (χ1) is 9.58. The molecule has 0 amide bonds. The van der Waals surface area contributed by atoms with Crippen LogP contribution >= 0.6 is 11.6 Å². The lowest BCUT2D eigenvalue weighted by Gasteiger charge is -2.18. The Morgan fingerprint density at radius 2 is 1.60 bits per heavy atom. The first-order valence-corrected chi connectivity index (χ1v) is 7.65. The van der Waals surface area contributed by atoms with Gasteiger partial charge in [0, 0.05) is 11.6 Å². The second-order valence-electron chi connectivity index (χ2n) is 4.86. The van der Waals surface area contributed by atoms with E-state index in [1.54, 1.807) is 0 Å². The van der Waals surface area contributed by atoms with Crippen molar-refractivity contribution < 1.29 is 9.47 Å². The van der Waals surface area contributed by atoms with Crippen LogP contribution in [0.4, 0.5) is 0 Å². The summed E-state index contributed by atoms with van der Waals surface area (Å²) in [5.41, 5.74) is 2.14. The average Bonchev–Trinajstić information content (AvgIpc) is 2.40. The number of aryl methyl sites for hydroxylation is 2. The molecule has 0 aliphatic rings. The number of nitrogens with zero attached hydrogens (tertiary/aromatic N) is 1. The van der Waals surface area contributed by atoms with Gasteiger partial charge in [-0.1, -0.05) is 25.4 Å². The lowest BCUT2D eigenvalue weighted by Crippen LogP contribution is -2.27. The van der Waals surface area contributed by atoms with Gasteiger partial charge in [0.05, 0.1) is 13.2 Å². The lowest BCUT2D eigenvalue weighted by molar-refractivity contribution is 0.0816. The summed E-state index contributed by atoms with van der Waals surface area (Å²) in [4.78, 5) is 2.34. The molecule has 20 heavy (non-hydrogen) atoms. The summed E-state index contributed by atoms with van der Waals surface area (Å²) in [6.45, 7) is 13.4. The molecule has 0 bridgehead atoms. The van der Waals surface area contributed by atoms with Crippen LogP contribution in [-0.4, -0.2) is 44.4 Å². The highest BCUT2D eigenvalue weighted by Crippen LogP contribution is 2.26. The summed E-state index contributed by atoms with van der Waals surface area (Å²) in [5, 5.41) is 0.753. The van der Waals surface area contributed by atoms with Crippen molar-refractivity contribution in [3.8, 4) is 5.75 Å². The van der Waals surface area contributed by atoms with E-state index in [2.05, 4.69) is 18.7 Å². The van der Waals surface area contributed by atoms with Crippen molar-refractivity contribution in [1.82, 2.24) is 4.90 Å². The minimum atomic E-state index is 0.571. The minimum absolute atomic E-state index is 0.571. The maximum absolute atomic E-state index is 6.00. The molecule has 0 fully saturated rings. The standard InChI is InChI=1S/C16H26ClNO2/c1-5-18(6-2)7-8-19-9-10-20-16-13(3)11-15(17)12-14(16)4/h11-12H,5-10H2,1-4H3. The third-order valence-electron chi connectivity index (χ3n) is 3.35. The quantitative estimate of drug-likeness (QED) is 0.649. The average molecular weight is 300 g/mol. The SMILES string of the molecule is CCN(CC)CCOCCOc1c(C)cc(Cl)cc1C. The molecular formula is C16H26ClNO2. The minimum Gasteiger partial charge on any atom is -0.491 e. The van der Waals surface area contributed by atoms with E-state index < -0.39 is 0 Å². The van der Waals surface area contributed by atoms with Crippen molar-refractivity contribution in [2.24, 2.45) is 0 Å². The van der Waals surface area contributed by atoms with Gasteiger partial charge in [0.25, 0.3) is 0 Å². The second-order valence-corrected chi connectivity index (χ2v) is 5.29. The van der Waals surface area contributed by atoms with Gasteiger partial charge in [-0.25, -0.2) is 0 Å². The summed E-state index contributed by atoms with van der Waals surface area (Å²) in [7, 11) is 0. The molecule has 0 aliphatic heterocycles. The monoisotopic (exact) mass is 299 g/mol. The Bertz CT molecular complexity index is 382. The molecule has 1 aromatic carbocycles. The van der Waals surface area contributed by atoms with E-state index in [1.807, 2.05) is 26.0 Å². The van der Waals surface area contributed by atoms with Crippen LogP contribution in [0.1, 0.15) is 25.0 Å². The Kier molecular flexibility index (Phi) is 7.97. The highest BCUT2D eigenvalue weighted by Gasteiger charge is 2.05. The van der Waals surface area contributed by atoms with Crippen LogP contribution in [0.5, 0.6) is 5.75 Å². The predicted octanol–water partition coefficient (Wildman–Crippen LogP) is 3.69. The summed E-state index contributed by atoms with van der Waals surface area (Å²) in [6, 6.07) is 3.84. The molecule has 3 nitrogen and oxygen atoms in total. The molecule has 114 valence electrons. The molecule has 0 aliphatic carbocycles. The van der Waals surface area contributed by atoms with Gasteiger partial charge in [-0.15, -0.1) is 0 Å². The van der Waals surface area contributed by atoms with Crippen molar-refractivity contribution in [1.29, 1.82) is 0 Å². The number of rotatable bonds is 9. The predicted molar refractivity (Wildman–Crippen MR) is 85.0 cm³/mol. The molecule has 4 heteroatoms. The fourth-order valence-electron chi connectivity index (χ4n) is 2.16. The number of hydrogen-bond donors (Lipinski definition) is 0. The number of benzene rings is 1. The van der Waals surface area contributed by atoms with Crippen molar-refractivity contribution in [3.63, 3.8) is 0 Å². The van der Waals surface area contributed by atoms with E-state index in [0.29, 0.717) is 13.2 Å². The van der Waals surface area contributed by atoms with Gasteiger partial charge in [-0.3, -0.25) is 0 Å². The summed E-state index contributed by atoms with van der Waals surface area (Å²) in [5.74, 6) is 0.918. The molecule has 0 unspecified atom stereocenters. The van der Waals surface area contributed by atoms with Gasteiger partial charge in [-0.05, 0) is 50.2 Å². The third-order valence-corrected chi connectivity index (χ3v) is 3.56. The van der Waals surface area contributed by atoms with Crippen molar-refractivity contribution in [3.05, 3.63) is 28.3 Å². The Balaban J connectivity index is 2.25. The molecule has 0 spiro atoms. The fourth-order valence-corrected chi connectivity index (χ4v) is 2.49. The molecule has 1 aromatic rings. The second kappa shape index (κ2) is 9.22. The molecule has 0 radical (unpaired) electrons. The fraction of sp³-hybridized carbons (Fsp3) is 0.625. The third kappa shape index (κ3) is 5.70. The highest BCUT2D eigenvalue weighted by molar-refractivity contribution is 6.30. The Labute approximate surface area is 127 Å². The van der Waals surface area contributed by atoms with E-state index in [1.165, 1.54) is 0 Å². The smallest absolute Gasteiger partial charge is 0.125 e. The van der Waals surface area contributed by atoms with Gasteiger partial charge >= 0.3 is 0 Å². The van der Waals surface area contributed by atoms with Gasteiger partial charge in [0.15, 0.2) is 0 Å². The van der Waals surface area contributed by atoms with Crippen LogP contribution in [0.25, 0.3) is 0 Å². The number of ether oxygens (including phenoxy) is 2. The van der Waals surface area contributed by atoms with E-state index in [0.717, 1.165) is 48.1 Å². The topological polar surface area (TPSA) is 21.7 Å². The molecule has 0 heterocycles. The normalized spacial score (nSPS) is 11.1. The van der Waals surface area contributed by atoms with Crippen LogP contribution in [0, 0.1) is 13.8 Å². The Morgan fingerprint density at radius 1 is 1.00 bits per heavy atom. The molecule has 0 atom stereocenters. The first-order valence-electron chi connectivity index (χ1n) is 7.28. The zero-order chi connectivity index (χ0) is 15.0. The van der Waals surface area contributed by atoms with Gasteiger partial charge in [0.1, 0.15) is 12.4 Å². The van der Waals surface area contributed by atoms with Crippen LogP contribution in [0.15, 0.2) is 12.1 Å². The molecular weight excluding hydrogens is 274 g/mol. The molecule has 0 saturated heterocycles. The molecule has 0 saturated carbocycles. The maximum atomic E-state index is 6.00. The summed E-state index contributed by atoms with van der Waals surface area (Å²) in [6.07, 6.45) is 0. The maximum Gasteiger partial charge on any atom is 0.125 e. The lowest BCUT2D eigenvalue weighted by atomic mass is 10.1. The number of halogens is 1. The number of likely N-dealkylation sites (N-methyl/N-ethyl adjacent to an activating group) is 1. The Morgan fingerprint density at radius 3 is 2.15 bits per heavy atom. The van der Waals surface area contributed by atoms with E-state index in [9.17, 15) is 0 Å². The van der Waals surface area contributed by atoms with Crippen LogP contribution < -0.4 is 4.74 Å². The van der Waals surface area contributed by atoms with Crippen LogP contribution in [0.3, 0.4) is 0 Å². The molecule has 0 N–H and O–H groups in total. The van der Waals surface area contributed by atoms with Gasteiger partial charge < -0.3 is 14.4 Å². The number of hydrogen-bond acceptors (Lipinski definition) is 3. The summed E-state index contributed by atoms with van der Waals surface area (Å²) < 4.78 is 11.4. The van der Waals surface area contributed by atoms with Gasteiger partial charge in [0.2, 0.25) is 0 Å². The molecule has 0 aromatic heterocycles.